The van der Waals surface area contributed by atoms with Gasteiger partial charge in [-0.15, -0.1) is 0 Å². The largest absolute Gasteiger partial charge is 0.360 e. The van der Waals surface area contributed by atoms with Crippen molar-refractivity contribution in [2.24, 2.45) is 5.73 Å². The second kappa shape index (κ2) is 10.1. The average Bonchev–Trinajstić information content (AvgIpc) is 3.42. The van der Waals surface area contributed by atoms with E-state index < -0.39 is 0 Å². The Morgan fingerprint density at radius 1 is 1.26 bits per heavy atom. The number of hydrogen-bond acceptors (Lipinski definition) is 5. The van der Waals surface area contributed by atoms with E-state index in [9.17, 15) is 4.79 Å². The van der Waals surface area contributed by atoms with Crippen LogP contribution in [0.3, 0.4) is 0 Å². The number of para-hydroxylation sites is 1. The first kappa shape index (κ1) is 21.6. The van der Waals surface area contributed by atoms with Crippen molar-refractivity contribution < 1.29 is 4.79 Å². The molecule has 1 aromatic carbocycles. The number of anilines is 1. The van der Waals surface area contributed by atoms with E-state index in [-0.39, 0.29) is 11.9 Å². The summed E-state index contributed by atoms with van der Waals surface area (Å²) in [5.74, 6) is 0.763. The SMILES string of the molecule is NCCCCCCC(=O)N1CC[C@@H](Nc2ncc(Cl)c(-c3c[nH]c4ccccc34)n2)C1. The Labute approximate surface area is 187 Å². The third-order valence-electron chi connectivity index (χ3n) is 5.81. The zero-order valence-corrected chi connectivity index (χ0v) is 18.4. The molecule has 0 aliphatic carbocycles. The normalized spacial score (nSPS) is 16.2. The van der Waals surface area contributed by atoms with Crippen molar-refractivity contribution in [3.05, 3.63) is 41.7 Å². The second-order valence-corrected chi connectivity index (χ2v) is 8.47. The number of fused-ring (bicyclic) bond motifs is 1. The molecular weight excluding hydrogens is 412 g/mol. The number of hydrogen-bond donors (Lipinski definition) is 3. The highest BCUT2D eigenvalue weighted by Gasteiger charge is 2.26. The Kier molecular flexibility index (Phi) is 7.04. The van der Waals surface area contributed by atoms with E-state index in [0.29, 0.717) is 29.6 Å². The average molecular weight is 441 g/mol. The number of rotatable bonds is 9. The molecule has 0 spiro atoms. The Hall–Kier alpha value is -2.64. The van der Waals surface area contributed by atoms with Gasteiger partial charge in [0.1, 0.15) is 0 Å². The van der Waals surface area contributed by atoms with Crippen LogP contribution in [0.4, 0.5) is 5.95 Å². The number of nitrogens with zero attached hydrogens (tertiary/aromatic N) is 3. The monoisotopic (exact) mass is 440 g/mol. The maximum absolute atomic E-state index is 12.5. The number of benzene rings is 1. The van der Waals surface area contributed by atoms with Crippen LogP contribution >= 0.6 is 11.6 Å². The number of nitrogens with one attached hydrogen (secondary N) is 2. The van der Waals surface area contributed by atoms with E-state index in [2.05, 4.69) is 20.3 Å². The molecule has 31 heavy (non-hydrogen) atoms. The molecule has 1 amide bonds. The minimum atomic E-state index is 0.137. The zero-order valence-electron chi connectivity index (χ0n) is 17.6. The standard InChI is InChI=1S/C23H29ClN6O/c24-19-14-27-23(29-22(19)18-13-26-20-8-5-4-7-17(18)20)28-16-10-12-30(15-16)21(31)9-3-1-2-6-11-25/h4-5,7-8,13-14,16,26H,1-3,6,9-12,15,25H2,(H,27,28,29)/t16-/m1/s1. The first-order chi connectivity index (χ1) is 15.2. The molecule has 2 aromatic heterocycles. The van der Waals surface area contributed by atoms with Crippen LogP contribution in [0, 0.1) is 0 Å². The summed E-state index contributed by atoms with van der Waals surface area (Å²) in [6.45, 7) is 2.17. The number of halogens is 1. The van der Waals surface area contributed by atoms with Crippen molar-refractivity contribution in [1.82, 2.24) is 19.9 Å². The fraction of sp³-hybridized carbons (Fsp3) is 0.435. The minimum absolute atomic E-state index is 0.137. The molecule has 0 saturated carbocycles. The highest BCUT2D eigenvalue weighted by atomic mass is 35.5. The zero-order chi connectivity index (χ0) is 21.6. The van der Waals surface area contributed by atoms with Crippen LogP contribution in [0.1, 0.15) is 38.5 Å². The molecule has 1 aliphatic rings. The van der Waals surface area contributed by atoms with Crippen LogP contribution in [0.2, 0.25) is 5.02 Å². The Morgan fingerprint density at radius 2 is 2.10 bits per heavy atom. The summed E-state index contributed by atoms with van der Waals surface area (Å²) in [4.78, 5) is 26.7. The molecule has 1 atom stereocenters. The predicted molar refractivity (Wildman–Crippen MR) is 125 cm³/mol. The molecule has 8 heteroatoms. The van der Waals surface area contributed by atoms with Crippen molar-refractivity contribution in [2.45, 2.75) is 44.6 Å². The molecule has 4 rings (SSSR count). The van der Waals surface area contributed by atoms with Crippen molar-refractivity contribution in [2.75, 3.05) is 25.0 Å². The summed E-state index contributed by atoms with van der Waals surface area (Å²) >= 11 is 6.42. The topological polar surface area (TPSA) is 99.9 Å². The summed E-state index contributed by atoms with van der Waals surface area (Å²) < 4.78 is 0. The van der Waals surface area contributed by atoms with Gasteiger partial charge in [0.15, 0.2) is 0 Å². The molecule has 0 unspecified atom stereocenters. The lowest BCUT2D eigenvalue weighted by Crippen LogP contribution is -2.31. The minimum Gasteiger partial charge on any atom is -0.360 e. The van der Waals surface area contributed by atoms with E-state index in [1.165, 1.54) is 0 Å². The number of likely N-dealkylation sites (tertiary alicyclic amines) is 1. The second-order valence-electron chi connectivity index (χ2n) is 8.06. The van der Waals surface area contributed by atoms with Gasteiger partial charge in [0, 0.05) is 48.2 Å². The maximum Gasteiger partial charge on any atom is 0.223 e. The van der Waals surface area contributed by atoms with Crippen LogP contribution in [0.5, 0.6) is 0 Å². The number of aromatic nitrogens is 3. The van der Waals surface area contributed by atoms with Crippen molar-refractivity contribution in [3.63, 3.8) is 0 Å². The number of amides is 1. The number of H-pyrrole nitrogens is 1. The van der Waals surface area contributed by atoms with Gasteiger partial charge < -0.3 is 20.9 Å². The van der Waals surface area contributed by atoms with Crippen LogP contribution in [0.15, 0.2) is 36.7 Å². The van der Waals surface area contributed by atoms with E-state index in [4.69, 9.17) is 17.3 Å². The molecular formula is C23H29ClN6O. The molecule has 4 N–H and O–H groups in total. The van der Waals surface area contributed by atoms with Gasteiger partial charge in [-0.2, -0.15) is 0 Å². The fourth-order valence-corrected chi connectivity index (χ4v) is 4.31. The third-order valence-corrected chi connectivity index (χ3v) is 6.08. The third kappa shape index (κ3) is 5.17. The lowest BCUT2D eigenvalue weighted by Gasteiger charge is -2.17. The van der Waals surface area contributed by atoms with Crippen LogP contribution < -0.4 is 11.1 Å². The molecule has 3 heterocycles. The lowest BCUT2D eigenvalue weighted by molar-refractivity contribution is -0.130. The smallest absolute Gasteiger partial charge is 0.223 e. The predicted octanol–water partition coefficient (Wildman–Crippen LogP) is 4.20. The van der Waals surface area contributed by atoms with Gasteiger partial charge >= 0.3 is 0 Å². The van der Waals surface area contributed by atoms with E-state index in [1.807, 2.05) is 35.4 Å². The number of carbonyl (C=O) groups is 1. The number of aromatic amines is 1. The van der Waals surface area contributed by atoms with Crippen molar-refractivity contribution >= 4 is 34.4 Å². The molecule has 1 fully saturated rings. The maximum atomic E-state index is 12.5. The molecule has 3 aromatic rings. The molecule has 7 nitrogen and oxygen atoms in total. The van der Waals surface area contributed by atoms with E-state index in [1.54, 1.807) is 6.20 Å². The van der Waals surface area contributed by atoms with Gasteiger partial charge in [-0.25, -0.2) is 9.97 Å². The first-order valence-corrected chi connectivity index (χ1v) is 11.4. The molecule has 1 saturated heterocycles. The fourth-order valence-electron chi connectivity index (χ4n) is 4.11. The first-order valence-electron chi connectivity index (χ1n) is 11.0. The molecule has 1 aliphatic heterocycles. The van der Waals surface area contributed by atoms with Gasteiger partial charge in [0.05, 0.1) is 16.9 Å². The van der Waals surface area contributed by atoms with Gasteiger partial charge in [0.25, 0.3) is 0 Å². The summed E-state index contributed by atoms with van der Waals surface area (Å²) in [5.41, 5.74) is 8.20. The molecule has 164 valence electrons. The molecule has 0 radical (unpaired) electrons. The van der Waals surface area contributed by atoms with Crippen LogP contribution in [-0.4, -0.2) is 51.4 Å². The van der Waals surface area contributed by atoms with Crippen LogP contribution in [-0.2, 0) is 4.79 Å². The number of nitrogens with two attached hydrogens (primary N) is 1. The van der Waals surface area contributed by atoms with Crippen molar-refractivity contribution in [1.29, 1.82) is 0 Å². The van der Waals surface area contributed by atoms with E-state index >= 15 is 0 Å². The van der Waals surface area contributed by atoms with Crippen LogP contribution in [0.25, 0.3) is 22.2 Å². The molecule has 0 bridgehead atoms. The Bertz CT molecular complexity index is 1040. The summed E-state index contributed by atoms with van der Waals surface area (Å²) in [6.07, 6.45) is 9.17. The highest BCUT2D eigenvalue weighted by molar-refractivity contribution is 6.33. The Balaban J connectivity index is 1.37. The summed E-state index contributed by atoms with van der Waals surface area (Å²) in [6, 6.07) is 8.19. The number of carbonyl (C=O) groups excluding carboxylic acids is 1. The Morgan fingerprint density at radius 3 is 2.97 bits per heavy atom. The highest BCUT2D eigenvalue weighted by Crippen LogP contribution is 2.32. The quantitative estimate of drug-likeness (QED) is 0.433. The lowest BCUT2D eigenvalue weighted by atomic mass is 10.1. The summed E-state index contributed by atoms with van der Waals surface area (Å²) in [7, 11) is 0. The number of unbranched alkanes of at least 4 members (excludes halogenated alkanes) is 3. The van der Waals surface area contributed by atoms with Gasteiger partial charge in [-0.3, -0.25) is 4.79 Å². The van der Waals surface area contributed by atoms with Gasteiger partial charge in [0.2, 0.25) is 11.9 Å². The summed E-state index contributed by atoms with van der Waals surface area (Å²) in [5, 5.41) is 4.96. The van der Waals surface area contributed by atoms with Gasteiger partial charge in [-0.05, 0) is 31.9 Å². The van der Waals surface area contributed by atoms with E-state index in [0.717, 1.165) is 61.7 Å². The van der Waals surface area contributed by atoms with Gasteiger partial charge in [-0.1, -0.05) is 42.6 Å². The van der Waals surface area contributed by atoms with Crippen molar-refractivity contribution in [3.8, 4) is 11.3 Å².